The Balaban J connectivity index is 1.06. The zero-order valence-corrected chi connectivity index (χ0v) is 18.1. The number of aromatic nitrogens is 4. The van der Waals surface area contributed by atoms with Gasteiger partial charge in [0.05, 0.1) is 18.8 Å². The van der Waals surface area contributed by atoms with Gasteiger partial charge in [0, 0.05) is 24.7 Å². The number of fused-ring (bicyclic) bond motifs is 2. The quantitative estimate of drug-likeness (QED) is 0.599. The van der Waals surface area contributed by atoms with E-state index in [9.17, 15) is 9.59 Å². The first-order valence-electron chi connectivity index (χ1n) is 11.4. The molecule has 6 rings (SSSR count). The zero-order chi connectivity index (χ0) is 22.5. The molecule has 0 spiro atoms. The van der Waals surface area contributed by atoms with Crippen molar-refractivity contribution in [1.82, 2.24) is 30.2 Å². The normalized spacial score (nSPS) is 22.8. The van der Waals surface area contributed by atoms with Gasteiger partial charge in [-0.25, -0.2) is 9.67 Å². The Kier molecular flexibility index (Phi) is 4.63. The minimum atomic E-state index is -0.250. The summed E-state index contributed by atoms with van der Waals surface area (Å²) in [6.07, 6.45) is 4.32. The summed E-state index contributed by atoms with van der Waals surface area (Å²) in [5, 5.41) is 11.2. The summed E-state index contributed by atoms with van der Waals surface area (Å²) in [6.45, 7) is 2.08. The first-order valence-corrected chi connectivity index (χ1v) is 11.4. The lowest BCUT2D eigenvalue weighted by Gasteiger charge is -2.18. The summed E-state index contributed by atoms with van der Waals surface area (Å²) in [6, 6.07) is 11.8. The Labute approximate surface area is 191 Å². The highest BCUT2D eigenvalue weighted by atomic mass is 16.2. The number of pyridine rings is 1. The second kappa shape index (κ2) is 7.68. The topological polar surface area (TPSA) is 119 Å². The van der Waals surface area contributed by atoms with Crippen molar-refractivity contribution >= 4 is 17.6 Å². The number of nitrogens with two attached hydrogens (primary N) is 1. The first-order chi connectivity index (χ1) is 16.0. The van der Waals surface area contributed by atoms with E-state index in [4.69, 9.17) is 5.73 Å². The van der Waals surface area contributed by atoms with Crippen molar-refractivity contribution in [3.63, 3.8) is 0 Å². The molecule has 9 heteroatoms. The fourth-order valence-electron chi connectivity index (χ4n) is 5.00. The van der Waals surface area contributed by atoms with Gasteiger partial charge in [-0.05, 0) is 47.9 Å². The molecule has 3 heterocycles. The van der Waals surface area contributed by atoms with Crippen molar-refractivity contribution in [3.05, 3.63) is 70.7 Å². The molecule has 33 heavy (non-hydrogen) atoms. The summed E-state index contributed by atoms with van der Waals surface area (Å²) in [5.74, 6) is 1.44. The van der Waals surface area contributed by atoms with Crippen LogP contribution in [0.15, 0.2) is 42.6 Å². The number of likely N-dealkylation sites (tertiary alicyclic amines) is 1. The van der Waals surface area contributed by atoms with Gasteiger partial charge in [0.1, 0.15) is 5.82 Å². The van der Waals surface area contributed by atoms with E-state index in [1.54, 1.807) is 16.9 Å². The standard InChI is InChI=1S/C24H25N7O2/c25-22-8-5-17-19(26-22)6-7-20(17)27-23(32)21-13-31(29-28-21)11-15-3-1-14(2-4-15)10-30-12-16-9-18(16)24(30)33/h1-5,8,13,16,18,20H,6-7,9-12H2,(H2,25,26)(H,27,32). The molecule has 0 radical (unpaired) electrons. The van der Waals surface area contributed by atoms with E-state index in [1.807, 2.05) is 23.1 Å². The second-order valence-corrected chi connectivity index (χ2v) is 9.28. The number of piperidine rings is 1. The smallest absolute Gasteiger partial charge is 0.273 e. The van der Waals surface area contributed by atoms with Crippen LogP contribution in [0.4, 0.5) is 5.82 Å². The number of nitrogen functional groups attached to an aromatic ring is 1. The van der Waals surface area contributed by atoms with Crippen molar-refractivity contribution in [3.8, 4) is 0 Å². The lowest BCUT2D eigenvalue weighted by Crippen LogP contribution is -2.27. The molecule has 1 saturated heterocycles. The average molecular weight is 444 g/mol. The van der Waals surface area contributed by atoms with E-state index in [1.165, 1.54) is 0 Å². The lowest BCUT2D eigenvalue weighted by atomic mass is 10.1. The molecule has 2 aliphatic carbocycles. The van der Waals surface area contributed by atoms with E-state index >= 15 is 0 Å². The van der Waals surface area contributed by atoms with Crippen molar-refractivity contribution in [2.45, 2.75) is 38.4 Å². The van der Waals surface area contributed by atoms with E-state index in [0.717, 1.165) is 48.2 Å². The third-order valence-electron chi connectivity index (χ3n) is 6.90. The van der Waals surface area contributed by atoms with Gasteiger partial charge in [-0.15, -0.1) is 5.10 Å². The fraction of sp³-hybridized carbons (Fsp3) is 0.375. The summed E-state index contributed by atoms with van der Waals surface area (Å²) in [7, 11) is 0. The Bertz CT molecular complexity index is 1240. The number of hydrogen-bond donors (Lipinski definition) is 2. The highest BCUT2D eigenvalue weighted by molar-refractivity contribution is 5.92. The van der Waals surface area contributed by atoms with Crippen LogP contribution in [0.5, 0.6) is 0 Å². The SMILES string of the molecule is Nc1ccc2c(n1)CCC2NC(=O)c1cn(Cc2ccc(CN3CC4CC4C3=O)cc2)nn1. The van der Waals surface area contributed by atoms with Crippen molar-refractivity contribution in [2.75, 3.05) is 12.3 Å². The molecule has 3 atom stereocenters. The number of anilines is 1. The predicted molar refractivity (Wildman–Crippen MR) is 120 cm³/mol. The van der Waals surface area contributed by atoms with Gasteiger partial charge in [-0.3, -0.25) is 9.59 Å². The van der Waals surface area contributed by atoms with E-state index in [-0.39, 0.29) is 17.6 Å². The van der Waals surface area contributed by atoms with Crippen LogP contribution < -0.4 is 11.1 Å². The predicted octanol–water partition coefficient (Wildman–Crippen LogP) is 1.70. The van der Waals surface area contributed by atoms with Crippen LogP contribution in [-0.4, -0.2) is 43.2 Å². The van der Waals surface area contributed by atoms with Crippen LogP contribution in [0, 0.1) is 11.8 Å². The molecule has 3 unspecified atom stereocenters. The van der Waals surface area contributed by atoms with E-state index in [0.29, 0.717) is 36.7 Å². The number of rotatable bonds is 6. The minimum Gasteiger partial charge on any atom is -0.384 e. The number of nitrogens with zero attached hydrogens (tertiary/aromatic N) is 5. The Morgan fingerprint density at radius 3 is 2.67 bits per heavy atom. The largest absolute Gasteiger partial charge is 0.384 e. The van der Waals surface area contributed by atoms with Crippen molar-refractivity contribution in [2.24, 2.45) is 11.8 Å². The molecule has 2 amide bonds. The second-order valence-electron chi connectivity index (χ2n) is 9.28. The highest BCUT2D eigenvalue weighted by Gasteiger charge is 2.51. The monoisotopic (exact) mass is 443 g/mol. The van der Waals surface area contributed by atoms with Crippen LogP contribution in [0.2, 0.25) is 0 Å². The molecule has 1 saturated carbocycles. The summed E-state index contributed by atoms with van der Waals surface area (Å²) in [4.78, 5) is 31.2. The van der Waals surface area contributed by atoms with Crippen molar-refractivity contribution < 1.29 is 9.59 Å². The maximum Gasteiger partial charge on any atom is 0.273 e. The van der Waals surface area contributed by atoms with Crippen LogP contribution in [-0.2, 0) is 24.3 Å². The molecule has 2 fully saturated rings. The highest BCUT2D eigenvalue weighted by Crippen LogP contribution is 2.46. The molecule has 0 bridgehead atoms. The minimum absolute atomic E-state index is 0.0910. The molecule has 1 aromatic carbocycles. The molecule has 3 aromatic rings. The lowest BCUT2D eigenvalue weighted by molar-refractivity contribution is -0.130. The van der Waals surface area contributed by atoms with Crippen molar-refractivity contribution in [1.29, 1.82) is 0 Å². The molecular weight excluding hydrogens is 418 g/mol. The summed E-state index contributed by atoms with van der Waals surface area (Å²) in [5.41, 5.74) is 10.2. The number of benzene rings is 1. The third kappa shape index (κ3) is 3.83. The van der Waals surface area contributed by atoms with Crippen LogP contribution in [0.25, 0.3) is 0 Å². The van der Waals surface area contributed by atoms with Gasteiger partial charge < -0.3 is 16.0 Å². The van der Waals surface area contributed by atoms with E-state index < -0.39 is 0 Å². The number of carbonyl (C=O) groups is 2. The fourth-order valence-corrected chi connectivity index (χ4v) is 5.00. The first kappa shape index (κ1) is 19.9. The van der Waals surface area contributed by atoms with Gasteiger partial charge in [0.2, 0.25) is 5.91 Å². The van der Waals surface area contributed by atoms with Crippen LogP contribution in [0.3, 0.4) is 0 Å². The zero-order valence-electron chi connectivity index (χ0n) is 18.1. The summed E-state index contributed by atoms with van der Waals surface area (Å²) >= 11 is 0. The van der Waals surface area contributed by atoms with Gasteiger partial charge in [0.25, 0.3) is 5.91 Å². The maximum absolute atomic E-state index is 12.7. The van der Waals surface area contributed by atoms with Gasteiger partial charge >= 0.3 is 0 Å². The molecule has 3 aliphatic rings. The molecular formula is C24H25N7O2. The van der Waals surface area contributed by atoms with Crippen LogP contribution in [0.1, 0.15) is 51.8 Å². The number of aryl methyl sites for hydroxylation is 1. The summed E-state index contributed by atoms with van der Waals surface area (Å²) < 4.78 is 1.66. The Morgan fingerprint density at radius 1 is 1.12 bits per heavy atom. The molecule has 1 aliphatic heterocycles. The third-order valence-corrected chi connectivity index (χ3v) is 6.90. The number of nitrogens with one attached hydrogen (secondary N) is 1. The van der Waals surface area contributed by atoms with Gasteiger partial charge in [-0.2, -0.15) is 0 Å². The van der Waals surface area contributed by atoms with Crippen LogP contribution >= 0.6 is 0 Å². The number of amides is 2. The Hall–Kier alpha value is -3.75. The Morgan fingerprint density at radius 2 is 1.91 bits per heavy atom. The number of carbonyl (C=O) groups excluding carboxylic acids is 2. The molecule has 168 valence electrons. The van der Waals surface area contributed by atoms with Gasteiger partial charge in [0.15, 0.2) is 5.69 Å². The maximum atomic E-state index is 12.7. The molecule has 9 nitrogen and oxygen atoms in total. The van der Waals surface area contributed by atoms with Gasteiger partial charge in [-0.1, -0.05) is 35.5 Å². The average Bonchev–Trinajstić information content (AvgIpc) is 3.10. The number of hydrogen-bond acceptors (Lipinski definition) is 6. The van der Waals surface area contributed by atoms with E-state index in [2.05, 4.69) is 32.7 Å². The molecule has 3 N–H and O–H groups in total. The molecule has 2 aromatic heterocycles.